The van der Waals surface area contributed by atoms with Gasteiger partial charge in [-0.05, 0) is 50.8 Å². The molecule has 144 valence electrons. The zero-order valence-corrected chi connectivity index (χ0v) is 16.5. The maximum atomic E-state index is 12.5. The fourth-order valence-electron chi connectivity index (χ4n) is 3.11. The zero-order chi connectivity index (χ0) is 19.6. The quantitative estimate of drug-likeness (QED) is 0.788. The second kappa shape index (κ2) is 7.94. The van der Waals surface area contributed by atoms with Crippen molar-refractivity contribution in [2.75, 3.05) is 5.32 Å². The highest BCUT2D eigenvalue weighted by Crippen LogP contribution is 2.20. The smallest absolute Gasteiger partial charge is 0.251 e. The van der Waals surface area contributed by atoms with E-state index in [4.69, 9.17) is 0 Å². The number of aromatic nitrogens is 2. The van der Waals surface area contributed by atoms with E-state index in [1.165, 1.54) is 0 Å². The first-order valence-electron chi connectivity index (χ1n) is 9.57. The number of carbonyl (C=O) groups excluding carboxylic acids is 2. The Morgan fingerprint density at radius 3 is 2.67 bits per heavy atom. The third-order valence-corrected chi connectivity index (χ3v) is 4.73. The van der Waals surface area contributed by atoms with Crippen molar-refractivity contribution in [3.8, 4) is 0 Å². The summed E-state index contributed by atoms with van der Waals surface area (Å²) in [5, 5.41) is 10.4. The van der Waals surface area contributed by atoms with E-state index in [-0.39, 0.29) is 18.2 Å². The van der Waals surface area contributed by atoms with Crippen LogP contribution in [0.25, 0.3) is 0 Å². The van der Waals surface area contributed by atoms with E-state index in [0.29, 0.717) is 23.2 Å². The Bertz CT molecular complexity index is 850. The fourth-order valence-corrected chi connectivity index (χ4v) is 3.11. The molecule has 1 aliphatic carbocycles. The van der Waals surface area contributed by atoms with Crippen LogP contribution in [0.2, 0.25) is 0 Å². The minimum atomic E-state index is -0.106. The lowest BCUT2D eigenvalue weighted by Crippen LogP contribution is -2.25. The Hall–Kier alpha value is -2.63. The van der Waals surface area contributed by atoms with E-state index in [9.17, 15) is 9.59 Å². The van der Waals surface area contributed by atoms with E-state index in [1.807, 2.05) is 18.5 Å². The second-order valence-electron chi connectivity index (χ2n) is 7.78. The summed E-state index contributed by atoms with van der Waals surface area (Å²) in [7, 11) is 0. The van der Waals surface area contributed by atoms with Gasteiger partial charge < -0.3 is 10.6 Å². The molecule has 3 rings (SSSR count). The Morgan fingerprint density at radius 2 is 2.00 bits per heavy atom. The molecule has 1 aliphatic rings. The first kappa shape index (κ1) is 19.1. The molecule has 0 atom stereocenters. The molecule has 0 spiro atoms. The lowest BCUT2D eigenvalue weighted by Gasteiger charge is -2.09. The number of benzene rings is 1. The van der Waals surface area contributed by atoms with Crippen molar-refractivity contribution in [1.82, 2.24) is 15.1 Å². The molecular weight excluding hydrogens is 340 g/mol. The molecule has 6 heteroatoms. The van der Waals surface area contributed by atoms with Crippen LogP contribution >= 0.6 is 0 Å². The maximum absolute atomic E-state index is 12.5. The fraction of sp³-hybridized carbons (Fsp3) is 0.476. The standard InChI is InChI=1S/C21H28N4O2/c1-13(2)12-25-15(4)19(14(3)24-25)11-20(26)22-18-7-5-6-16(10-18)21(27)23-17-8-9-17/h5-7,10,13,17H,8-9,11-12H2,1-4H3,(H,22,26)(H,23,27). The SMILES string of the molecule is Cc1nn(CC(C)C)c(C)c1CC(=O)Nc1cccc(C(=O)NC2CC2)c1. The van der Waals surface area contributed by atoms with Crippen LogP contribution in [0.15, 0.2) is 24.3 Å². The monoisotopic (exact) mass is 368 g/mol. The summed E-state index contributed by atoms with van der Waals surface area (Å²) in [6, 6.07) is 7.38. The van der Waals surface area contributed by atoms with Crippen LogP contribution in [0, 0.1) is 19.8 Å². The molecular formula is C21H28N4O2. The maximum Gasteiger partial charge on any atom is 0.251 e. The number of hydrogen-bond acceptors (Lipinski definition) is 3. The molecule has 27 heavy (non-hydrogen) atoms. The van der Waals surface area contributed by atoms with Crippen molar-refractivity contribution in [3.05, 3.63) is 46.8 Å². The molecule has 6 nitrogen and oxygen atoms in total. The first-order valence-corrected chi connectivity index (χ1v) is 9.57. The van der Waals surface area contributed by atoms with Gasteiger partial charge in [0.25, 0.3) is 5.91 Å². The average molecular weight is 368 g/mol. The van der Waals surface area contributed by atoms with Crippen molar-refractivity contribution >= 4 is 17.5 Å². The molecule has 2 N–H and O–H groups in total. The van der Waals surface area contributed by atoms with Gasteiger partial charge in [0, 0.05) is 35.1 Å². The zero-order valence-electron chi connectivity index (χ0n) is 16.5. The van der Waals surface area contributed by atoms with E-state index in [1.54, 1.807) is 24.3 Å². The Balaban J connectivity index is 1.66. The molecule has 1 aromatic heterocycles. The van der Waals surface area contributed by atoms with Gasteiger partial charge in [0.2, 0.25) is 5.91 Å². The molecule has 0 aliphatic heterocycles. The molecule has 1 saturated carbocycles. The van der Waals surface area contributed by atoms with Gasteiger partial charge in [-0.1, -0.05) is 19.9 Å². The van der Waals surface area contributed by atoms with E-state index in [0.717, 1.165) is 36.3 Å². The van der Waals surface area contributed by atoms with Crippen LogP contribution < -0.4 is 10.6 Å². The summed E-state index contributed by atoms with van der Waals surface area (Å²) in [4.78, 5) is 24.7. The van der Waals surface area contributed by atoms with Crippen molar-refractivity contribution < 1.29 is 9.59 Å². The summed E-state index contributed by atoms with van der Waals surface area (Å²) >= 11 is 0. The van der Waals surface area contributed by atoms with Crippen LogP contribution in [0.3, 0.4) is 0 Å². The molecule has 2 amide bonds. The highest BCUT2D eigenvalue weighted by Gasteiger charge is 2.24. The molecule has 1 heterocycles. The highest BCUT2D eigenvalue weighted by atomic mass is 16.2. The number of anilines is 1. The van der Waals surface area contributed by atoms with E-state index >= 15 is 0 Å². The number of rotatable bonds is 7. The van der Waals surface area contributed by atoms with Gasteiger partial charge in [-0.2, -0.15) is 5.10 Å². The highest BCUT2D eigenvalue weighted by molar-refractivity contribution is 5.97. The predicted octanol–water partition coefficient (Wildman–Crippen LogP) is 3.23. The Kier molecular flexibility index (Phi) is 5.63. The van der Waals surface area contributed by atoms with Gasteiger partial charge in [0.1, 0.15) is 0 Å². The summed E-state index contributed by atoms with van der Waals surface area (Å²) in [5.41, 5.74) is 4.09. The average Bonchev–Trinajstić information content (AvgIpc) is 3.38. The normalized spacial score (nSPS) is 13.7. The number of nitrogens with one attached hydrogen (secondary N) is 2. The van der Waals surface area contributed by atoms with E-state index in [2.05, 4.69) is 29.6 Å². The van der Waals surface area contributed by atoms with Gasteiger partial charge in [-0.15, -0.1) is 0 Å². The van der Waals surface area contributed by atoms with E-state index < -0.39 is 0 Å². The Labute approximate surface area is 160 Å². The number of carbonyl (C=O) groups is 2. The van der Waals surface area contributed by atoms with Crippen molar-refractivity contribution in [3.63, 3.8) is 0 Å². The van der Waals surface area contributed by atoms with Crippen LogP contribution in [-0.4, -0.2) is 27.6 Å². The van der Waals surface area contributed by atoms with Crippen LogP contribution in [-0.2, 0) is 17.8 Å². The largest absolute Gasteiger partial charge is 0.349 e. The molecule has 0 saturated heterocycles. The van der Waals surface area contributed by atoms with Crippen molar-refractivity contribution in [1.29, 1.82) is 0 Å². The van der Waals surface area contributed by atoms with Crippen LogP contribution in [0.4, 0.5) is 5.69 Å². The number of hydrogen-bond donors (Lipinski definition) is 2. The van der Waals surface area contributed by atoms with Gasteiger partial charge in [0.15, 0.2) is 0 Å². The van der Waals surface area contributed by atoms with Crippen molar-refractivity contribution in [2.45, 2.75) is 59.5 Å². The number of nitrogens with zero attached hydrogens (tertiary/aromatic N) is 2. The number of amides is 2. The molecule has 2 aromatic rings. The molecule has 1 aromatic carbocycles. The van der Waals surface area contributed by atoms with Gasteiger partial charge in [-0.25, -0.2) is 0 Å². The molecule has 0 unspecified atom stereocenters. The first-order chi connectivity index (χ1) is 12.8. The Morgan fingerprint density at radius 1 is 1.26 bits per heavy atom. The molecule has 0 radical (unpaired) electrons. The summed E-state index contributed by atoms with van der Waals surface area (Å²) in [6.07, 6.45) is 2.37. The lowest BCUT2D eigenvalue weighted by atomic mass is 10.1. The minimum Gasteiger partial charge on any atom is -0.349 e. The van der Waals surface area contributed by atoms with Gasteiger partial charge in [-0.3, -0.25) is 14.3 Å². The van der Waals surface area contributed by atoms with Crippen LogP contribution in [0.1, 0.15) is 54.0 Å². The second-order valence-corrected chi connectivity index (χ2v) is 7.78. The lowest BCUT2D eigenvalue weighted by molar-refractivity contribution is -0.115. The molecule has 1 fully saturated rings. The third-order valence-electron chi connectivity index (χ3n) is 4.73. The van der Waals surface area contributed by atoms with Gasteiger partial charge >= 0.3 is 0 Å². The number of aryl methyl sites for hydroxylation is 1. The topological polar surface area (TPSA) is 76.0 Å². The minimum absolute atomic E-state index is 0.0877. The summed E-state index contributed by atoms with van der Waals surface area (Å²) < 4.78 is 1.98. The van der Waals surface area contributed by atoms with Crippen LogP contribution in [0.5, 0.6) is 0 Å². The third kappa shape index (κ3) is 4.96. The predicted molar refractivity (Wildman–Crippen MR) is 106 cm³/mol. The summed E-state index contributed by atoms with van der Waals surface area (Å²) in [5.74, 6) is 0.300. The molecule has 0 bridgehead atoms. The van der Waals surface area contributed by atoms with Gasteiger partial charge in [0.05, 0.1) is 12.1 Å². The summed E-state index contributed by atoms with van der Waals surface area (Å²) in [6.45, 7) is 9.08. The van der Waals surface area contributed by atoms with Crippen molar-refractivity contribution in [2.24, 2.45) is 5.92 Å².